The summed E-state index contributed by atoms with van der Waals surface area (Å²) in [5.41, 5.74) is 0. The Balaban J connectivity index is 3.83. The highest BCUT2D eigenvalue weighted by molar-refractivity contribution is 5.80. The number of carboxylic acid groups (broad SMARTS) is 1. The van der Waals surface area contributed by atoms with Crippen molar-refractivity contribution in [2.75, 3.05) is 6.54 Å². The van der Waals surface area contributed by atoms with Gasteiger partial charge in [-0.05, 0) is 76.7 Å². The van der Waals surface area contributed by atoms with Gasteiger partial charge in [0.05, 0.1) is 0 Å². The third-order valence-electron chi connectivity index (χ3n) is 9.02. The van der Waals surface area contributed by atoms with Crippen LogP contribution in [-0.2, 0) is 19.1 Å². The number of amides is 1. The maximum Gasteiger partial charge on any atom is 0.322 e. The van der Waals surface area contributed by atoms with Crippen LogP contribution in [0, 0.1) is 0 Å². The molecule has 1 unspecified atom stereocenters. The van der Waals surface area contributed by atoms with Crippen LogP contribution in [-0.4, -0.2) is 35.6 Å². The number of carbonyl (C=O) groups excluding carboxylic acids is 2. The van der Waals surface area contributed by atoms with Crippen molar-refractivity contribution in [3.05, 3.63) is 36.5 Å². The number of hydrogen-bond acceptors (Lipinski definition) is 4. The molecule has 1 atom stereocenters. The molecule has 0 aliphatic carbocycles. The zero-order valence-corrected chi connectivity index (χ0v) is 32.0. The van der Waals surface area contributed by atoms with Gasteiger partial charge in [-0.1, -0.05) is 153 Å². The molecule has 0 spiro atoms. The highest BCUT2D eigenvalue weighted by Crippen LogP contribution is 2.16. The molecule has 0 aromatic carbocycles. The number of carboxylic acids is 1. The van der Waals surface area contributed by atoms with E-state index in [1.807, 2.05) is 0 Å². The van der Waals surface area contributed by atoms with Crippen LogP contribution < -0.4 is 5.32 Å². The van der Waals surface area contributed by atoms with E-state index in [2.05, 4.69) is 55.6 Å². The minimum Gasteiger partial charge on any atom is -0.480 e. The van der Waals surface area contributed by atoms with E-state index in [0.29, 0.717) is 12.8 Å². The van der Waals surface area contributed by atoms with Crippen LogP contribution in [0.5, 0.6) is 0 Å². The van der Waals surface area contributed by atoms with Gasteiger partial charge >= 0.3 is 11.9 Å². The van der Waals surface area contributed by atoms with E-state index < -0.39 is 5.97 Å². The van der Waals surface area contributed by atoms with Gasteiger partial charge in [-0.3, -0.25) is 14.4 Å². The monoisotopic (exact) mass is 688 g/mol. The first-order valence-electron chi connectivity index (χ1n) is 20.6. The molecular weight excluding hydrogens is 610 g/mol. The molecule has 0 fully saturated rings. The van der Waals surface area contributed by atoms with E-state index in [-0.39, 0.29) is 24.5 Å². The van der Waals surface area contributed by atoms with E-state index >= 15 is 0 Å². The molecule has 0 heterocycles. The Labute approximate surface area is 302 Å². The zero-order valence-electron chi connectivity index (χ0n) is 32.0. The number of aliphatic carboxylic acids is 1. The van der Waals surface area contributed by atoms with Crippen molar-refractivity contribution in [2.24, 2.45) is 0 Å². The normalized spacial score (nSPS) is 12.4. The number of nitrogens with one attached hydrogen (secondary N) is 1. The van der Waals surface area contributed by atoms with Crippen molar-refractivity contribution in [3.8, 4) is 0 Å². The van der Waals surface area contributed by atoms with Crippen molar-refractivity contribution >= 4 is 17.8 Å². The first-order chi connectivity index (χ1) is 24.0. The molecule has 1 amide bonds. The molecule has 0 aliphatic heterocycles. The summed E-state index contributed by atoms with van der Waals surface area (Å²) in [5, 5.41) is 11.0. The summed E-state index contributed by atoms with van der Waals surface area (Å²) in [7, 11) is 0. The Kier molecular flexibility index (Phi) is 36.6. The fourth-order valence-corrected chi connectivity index (χ4v) is 5.92. The van der Waals surface area contributed by atoms with Crippen LogP contribution in [0.1, 0.15) is 206 Å². The minimum atomic E-state index is -1.03. The van der Waals surface area contributed by atoms with Gasteiger partial charge in [-0.25, -0.2) is 0 Å². The third kappa shape index (κ3) is 38.3. The standard InChI is InChI=1S/C43H77NO5/c1-3-5-7-9-10-11-12-13-14-15-16-17-18-19-20-21-22-23-24-25-26-28-34-38-43(48)49-40(35-31-27-8-6-4-2)36-32-29-30-33-37-41(45)44-39-42(46)47/h12-13,15-16,31,35,40H,3-11,14,17-30,32-34,36-39H2,1-2H3,(H,44,45)(H,46,47)/b13-12-,16-15-,35-31-. The van der Waals surface area contributed by atoms with Gasteiger partial charge < -0.3 is 15.2 Å². The SMILES string of the molecule is CCCCC/C=C\C(CCCCCCC(=O)NCC(=O)O)OC(=O)CCCCCCCCCCCCC/C=C\C/C=C\CCCCCCC. The highest BCUT2D eigenvalue weighted by atomic mass is 16.5. The van der Waals surface area contributed by atoms with E-state index in [1.165, 1.54) is 116 Å². The molecule has 0 saturated carbocycles. The highest BCUT2D eigenvalue weighted by Gasteiger charge is 2.12. The van der Waals surface area contributed by atoms with E-state index in [9.17, 15) is 14.4 Å². The van der Waals surface area contributed by atoms with Crippen LogP contribution in [0.15, 0.2) is 36.5 Å². The number of unbranched alkanes of at least 4 members (excludes halogenated alkanes) is 22. The topological polar surface area (TPSA) is 92.7 Å². The fourth-order valence-electron chi connectivity index (χ4n) is 5.92. The first kappa shape index (κ1) is 46.6. The molecule has 6 nitrogen and oxygen atoms in total. The lowest BCUT2D eigenvalue weighted by molar-refractivity contribution is -0.147. The van der Waals surface area contributed by atoms with Crippen LogP contribution in [0.25, 0.3) is 0 Å². The van der Waals surface area contributed by atoms with Crippen molar-refractivity contribution < 1.29 is 24.2 Å². The number of carbonyl (C=O) groups is 3. The Morgan fingerprint density at radius 2 is 1.00 bits per heavy atom. The minimum absolute atomic E-state index is 0.0888. The molecule has 2 N–H and O–H groups in total. The molecule has 0 bridgehead atoms. The van der Waals surface area contributed by atoms with Gasteiger partial charge in [-0.2, -0.15) is 0 Å². The van der Waals surface area contributed by atoms with Gasteiger partial charge in [0.1, 0.15) is 12.6 Å². The van der Waals surface area contributed by atoms with Crippen LogP contribution in [0.2, 0.25) is 0 Å². The van der Waals surface area contributed by atoms with E-state index in [0.717, 1.165) is 64.2 Å². The second-order valence-corrected chi connectivity index (χ2v) is 13.9. The molecule has 49 heavy (non-hydrogen) atoms. The summed E-state index contributed by atoms with van der Waals surface area (Å²) < 4.78 is 5.85. The Bertz CT molecular complexity index is 849. The number of rotatable bonds is 37. The van der Waals surface area contributed by atoms with Crippen LogP contribution in [0.3, 0.4) is 0 Å². The molecule has 0 rings (SSSR count). The molecular formula is C43H77NO5. The summed E-state index contributed by atoms with van der Waals surface area (Å²) in [5.74, 6) is -1.33. The largest absolute Gasteiger partial charge is 0.480 e. The lowest BCUT2D eigenvalue weighted by Crippen LogP contribution is -2.28. The molecule has 0 saturated heterocycles. The van der Waals surface area contributed by atoms with Crippen molar-refractivity contribution in [1.29, 1.82) is 0 Å². The average molecular weight is 688 g/mol. The number of ether oxygens (including phenoxy) is 1. The lowest BCUT2D eigenvalue weighted by Gasteiger charge is -2.15. The second-order valence-electron chi connectivity index (χ2n) is 13.9. The van der Waals surface area contributed by atoms with Crippen molar-refractivity contribution in [2.45, 2.75) is 213 Å². The summed E-state index contributed by atoms with van der Waals surface area (Å²) in [6.07, 6.45) is 47.4. The number of esters is 1. The molecule has 0 aromatic rings. The van der Waals surface area contributed by atoms with Gasteiger partial charge in [0.25, 0.3) is 0 Å². The number of allylic oxidation sites excluding steroid dienone is 5. The first-order valence-corrected chi connectivity index (χ1v) is 20.6. The van der Waals surface area contributed by atoms with Gasteiger partial charge in [-0.15, -0.1) is 0 Å². The Morgan fingerprint density at radius 3 is 1.57 bits per heavy atom. The fraction of sp³-hybridized carbons (Fsp3) is 0.791. The molecule has 0 aliphatic rings. The van der Waals surface area contributed by atoms with Crippen LogP contribution >= 0.6 is 0 Å². The lowest BCUT2D eigenvalue weighted by atomic mass is 10.0. The maximum atomic E-state index is 12.6. The maximum absolute atomic E-state index is 12.6. The van der Waals surface area contributed by atoms with E-state index in [1.54, 1.807) is 0 Å². The Morgan fingerprint density at radius 1 is 0.551 bits per heavy atom. The predicted octanol–water partition coefficient (Wildman–Crippen LogP) is 12.5. The summed E-state index contributed by atoms with van der Waals surface area (Å²) in [4.78, 5) is 34.8. The van der Waals surface area contributed by atoms with E-state index in [4.69, 9.17) is 9.84 Å². The Hall–Kier alpha value is -2.37. The zero-order chi connectivity index (χ0) is 35.9. The average Bonchev–Trinajstić information content (AvgIpc) is 3.08. The predicted molar refractivity (Wildman–Crippen MR) is 208 cm³/mol. The smallest absolute Gasteiger partial charge is 0.322 e. The number of hydrogen-bond donors (Lipinski definition) is 2. The molecule has 0 radical (unpaired) electrons. The molecule has 284 valence electrons. The van der Waals surface area contributed by atoms with Gasteiger partial charge in [0.15, 0.2) is 0 Å². The molecule has 6 heteroatoms. The summed E-state index contributed by atoms with van der Waals surface area (Å²) >= 11 is 0. The summed E-state index contributed by atoms with van der Waals surface area (Å²) in [6.45, 7) is 4.14. The van der Waals surface area contributed by atoms with Crippen molar-refractivity contribution in [3.63, 3.8) is 0 Å². The molecule has 0 aromatic heterocycles. The second kappa shape index (κ2) is 38.4. The quantitative estimate of drug-likeness (QED) is 0.0385. The van der Waals surface area contributed by atoms with Gasteiger partial charge in [0, 0.05) is 12.8 Å². The summed E-state index contributed by atoms with van der Waals surface area (Å²) in [6, 6.07) is 0. The van der Waals surface area contributed by atoms with Gasteiger partial charge in [0.2, 0.25) is 5.91 Å². The van der Waals surface area contributed by atoms with Crippen LogP contribution in [0.4, 0.5) is 0 Å². The van der Waals surface area contributed by atoms with Crippen molar-refractivity contribution in [1.82, 2.24) is 5.32 Å². The third-order valence-corrected chi connectivity index (χ3v) is 9.02.